The molecule has 2 N–H and O–H groups in total. The number of hydrogen-bond donors (Lipinski definition) is 1. The highest BCUT2D eigenvalue weighted by Gasteiger charge is 2.17. The Bertz CT molecular complexity index is 649. The molecule has 2 aromatic rings. The highest BCUT2D eigenvalue weighted by Crippen LogP contribution is 2.22. The minimum atomic E-state index is 0.111. The first-order valence-corrected chi connectivity index (χ1v) is 7.53. The van der Waals surface area contributed by atoms with E-state index in [9.17, 15) is 4.79 Å². The number of hydrogen-bond acceptors (Lipinski definition) is 3. The van der Waals surface area contributed by atoms with Crippen molar-refractivity contribution in [2.24, 2.45) is 0 Å². The van der Waals surface area contributed by atoms with E-state index >= 15 is 0 Å². The fraction of sp³-hybridized carbons (Fsp3) is 0.375. The largest absolute Gasteiger partial charge is 0.399 e. The fourth-order valence-electron chi connectivity index (χ4n) is 2.37. The number of Topliss-reactive ketones (excluding diaryl/α,β-unsaturated/α-hetero) is 1. The Morgan fingerprint density at radius 2 is 2.10 bits per heavy atom. The predicted molar refractivity (Wildman–Crippen MR) is 85.6 cm³/mol. The average Bonchev–Trinajstić information content (AvgIpc) is 2.75. The maximum absolute atomic E-state index is 12.3. The quantitative estimate of drug-likeness (QED) is 0.834. The van der Waals surface area contributed by atoms with Crippen LogP contribution in [0.5, 0.6) is 0 Å². The number of halogens is 1. The third-order valence-corrected chi connectivity index (χ3v) is 3.85. The van der Waals surface area contributed by atoms with Crippen LogP contribution in [0.3, 0.4) is 0 Å². The summed E-state index contributed by atoms with van der Waals surface area (Å²) in [6.45, 7) is 4.71. The van der Waals surface area contributed by atoms with E-state index in [0.29, 0.717) is 30.1 Å². The standard InChI is InChI=1S/C16H20ClN3O/c1-3-14-16(17)15(20(4-2)19-14)10-13(21)9-11-6-5-7-12(18)8-11/h5-8H,3-4,9-10,18H2,1-2H3. The third-order valence-electron chi connectivity index (χ3n) is 3.41. The van der Waals surface area contributed by atoms with E-state index < -0.39 is 0 Å². The van der Waals surface area contributed by atoms with Crippen molar-refractivity contribution >= 4 is 23.1 Å². The number of nitrogen functional groups attached to an aromatic ring is 1. The summed E-state index contributed by atoms with van der Waals surface area (Å²) >= 11 is 6.33. The van der Waals surface area contributed by atoms with Crippen molar-refractivity contribution in [2.75, 3.05) is 5.73 Å². The molecule has 2 rings (SSSR count). The smallest absolute Gasteiger partial charge is 0.143 e. The number of aryl methyl sites for hydroxylation is 2. The molecule has 0 saturated carbocycles. The maximum Gasteiger partial charge on any atom is 0.143 e. The van der Waals surface area contributed by atoms with Gasteiger partial charge in [-0.05, 0) is 31.0 Å². The predicted octanol–water partition coefficient (Wildman–Crippen LogP) is 3.06. The summed E-state index contributed by atoms with van der Waals surface area (Å²) in [6.07, 6.45) is 1.43. The summed E-state index contributed by atoms with van der Waals surface area (Å²) in [5.74, 6) is 0.111. The lowest BCUT2D eigenvalue weighted by Gasteiger charge is -2.05. The van der Waals surface area contributed by atoms with Crippen LogP contribution in [0.15, 0.2) is 24.3 Å². The zero-order valence-corrected chi connectivity index (χ0v) is 13.2. The van der Waals surface area contributed by atoms with E-state index in [1.807, 2.05) is 42.8 Å². The number of carbonyl (C=O) groups is 1. The van der Waals surface area contributed by atoms with Gasteiger partial charge in [0.1, 0.15) is 5.78 Å². The first kappa shape index (κ1) is 15.6. The van der Waals surface area contributed by atoms with Gasteiger partial charge in [-0.2, -0.15) is 5.10 Å². The van der Waals surface area contributed by atoms with Gasteiger partial charge in [-0.25, -0.2) is 0 Å². The molecular weight excluding hydrogens is 286 g/mol. The number of aromatic nitrogens is 2. The zero-order chi connectivity index (χ0) is 15.4. The monoisotopic (exact) mass is 305 g/mol. The molecule has 0 saturated heterocycles. The SMILES string of the molecule is CCc1nn(CC)c(CC(=O)Cc2cccc(N)c2)c1Cl. The van der Waals surface area contributed by atoms with Crippen LogP contribution in [0, 0.1) is 0 Å². The molecule has 0 bridgehead atoms. The summed E-state index contributed by atoms with van der Waals surface area (Å²) in [5, 5.41) is 5.06. The van der Waals surface area contributed by atoms with Crippen LogP contribution in [0.1, 0.15) is 30.8 Å². The summed E-state index contributed by atoms with van der Waals surface area (Å²) in [4.78, 5) is 12.3. The van der Waals surface area contributed by atoms with Crippen LogP contribution in [-0.4, -0.2) is 15.6 Å². The lowest BCUT2D eigenvalue weighted by atomic mass is 10.0. The van der Waals surface area contributed by atoms with Crippen molar-refractivity contribution in [1.82, 2.24) is 9.78 Å². The lowest BCUT2D eigenvalue weighted by Crippen LogP contribution is -2.12. The molecular formula is C16H20ClN3O. The first-order chi connectivity index (χ1) is 10.0. The van der Waals surface area contributed by atoms with Gasteiger partial charge in [0.2, 0.25) is 0 Å². The van der Waals surface area contributed by atoms with Gasteiger partial charge in [-0.3, -0.25) is 9.48 Å². The lowest BCUT2D eigenvalue weighted by molar-refractivity contribution is -0.117. The molecule has 1 aromatic carbocycles. The Hall–Kier alpha value is -1.81. The minimum absolute atomic E-state index is 0.111. The molecule has 0 aliphatic carbocycles. The molecule has 0 radical (unpaired) electrons. The molecule has 0 atom stereocenters. The Balaban J connectivity index is 2.14. The highest BCUT2D eigenvalue weighted by molar-refractivity contribution is 6.32. The molecule has 0 unspecified atom stereocenters. The summed E-state index contributed by atoms with van der Waals surface area (Å²) in [6, 6.07) is 7.40. The molecule has 21 heavy (non-hydrogen) atoms. The van der Waals surface area contributed by atoms with Gasteiger partial charge < -0.3 is 5.73 Å². The molecule has 112 valence electrons. The second-order valence-corrected chi connectivity index (χ2v) is 5.39. The van der Waals surface area contributed by atoms with Crippen LogP contribution in [0.4, 0.5) is 5.69 Å². The second kappa shape index (κ2) is 6.76. The van der Waals surface area contributed by atoms with Crippen LogP contribution >= 0.6 is 11.6 Å². The molecule has 0 aliphatic rings. The zero-order valence-electron chi connectivity index (χ0n) is 12.4. The van der Waals surface area contributed by atoms with Crippen molar-refractivity contribution in [3.63, 3.8) is 0 Å². The minimum Gasteiger partial charge on any atom is -0.399 e. The van der Waals surface area contributed by atoms with E-state index in [4.69, 9.17) is 17.3 Å². The van der Waals surface area contributed by atoms with Crippen molar-refractivity contribution in [2.45, 2.75) is 39.7 Å². The number of anilines is 1. The van der Waals surface area contributed by atoms with E-state index in [1.54, 1.807) is 0 Å². The molecule has 0 fully saturated rings. The number of benzene rings is 1. The van der Waals surface area contributed by atoms with Gasteiger partial charge >= 0.3 is 0 Å². The van der Waals surface area contributed by atoms with Crippen LogP contribution in [-0.2, 0) is 30.6 Å². The molecule has 1 heterocycles. The van der Waals surface area contributed by atoms with Gasteiger partial charge in [0.15, 0.2) is 0 Å². The summed E-state index contributed by atoms with van der Waals surface area (Å²) < 4.78 is 1.82. The molecule has 0 aliphatic heterocycles. The fourth-order valence-corrected chi connectivity index (χ4v) is 2.70. The normalized spacial score (nSPS) is 10.8. The summed E-state index contributed by atoms with van der Waals surface area (Å²) in [5.41, 5.74) is 8.99. The molecule has 0 amide bonds. The number of ketones is 1. The molecule has 4 nitrogen and oxygen atoms in total. The second-order valence-electron chi connectivity index (χ2n) is 5.01. The van der Waals surface area contributed by atoms with Crippen LogP contribution in [0.2, 0.25) is 5.02 Å². The Kier molecular flexibility index (Phi) is 5.02. The van der Waals surface area contributed by atoms with Crippen LogP contribution in [0.25, 0.3) is 0 Å². The van der Waals surface area contributed by atoms with Crippen LogP contribution < -0.4 is 5.73 Å². The van der Waals surface area contributed by atoms with Gasteiger partial charge in [-0.15, -0.1) is 0 Å². The highest BCUT2D eigenvalue weighted by atomic mass is 35.5. The number of nitrogens with two attached hydrogens (primary N) is 1. The van der Waals surface area contributed by atoms with Crippen molar-refractivity contribution in [3.05, 3.63) is 46.2 Å². The number of nitrogens with zero attached hydrogens (tertiary/aromatic N) is 2. The summed E-state index contributed by atoms with van der Waals surface area (Å²) in [7, 11) is 0. The average molecular weight is 306 g/mol. The van der Waals surface area contributed by atoms with Crippen molar-refractivity contribution in [3.8, 4) is 0 Å². The van der Waals surface area contributed by atoms with E-state index in [0.717, 1.165) is 23.4 Å². The first-order valence-electron chi connectivity index (χ1n) is 7.15. The van der Waals surface area contributed by atoms with E-state index in [1.165, 1.54) is 0 Å². The number of carbonyl (C=O) groups excluding carboxylic acids is 1. The maximum atomic E-state index is 12.3. The topological polar surface area (TPSA) is 60.9 Å². The number of rotatable bonds is 6. The van der Waals surface area contributed by atoms with Gasteiger partial charge in [0, 0.05) is 18.7 Å². The van der Waals surface area contributed by atoms with Gasteiger partial charge in [0.25, 0.3) is 0 Å². The third kappa shape index (κ3) is 3.64. The van der Waals surface area contributed by atoms with E-state index in [2.05, 4.69) is 5.10 Å². The van der Waals surface area contributed by atoms with Gasteiger partial charge in [-0.1, -0.05) is 30.7 Å². The van der Waals surface area contributed by atoms with E-state index in [-0.39, 0.29) is 5.78 Å². The Morgan fingerprint density at radius 1 is 1.33 bits per heavy atom. The molecule has 1 aromatic heterocycles. The molecule has 5 heteroatoms. The van der Waals surface area contributed by atoms with Crippen molar-refractivity contribution in [1.29, 1.82) is 0 Å². The molecule has 0 spiro atoms. The van der Waals surface area contributed by atoms with Gasteiger partial charge in [0.05, 0.1) is 22.8 Å². The Labute approximate surface area is 129 Å². The van der Waals surface area contributed by atoms with Crippen molar-refractivity contribution < 1.29 is 4.79 Å². The Morgan fingerprint density at radius 3 is 2.71 bits per heavy atom.